The Morgan fingerprint density at radius 3 is 1.42 bits per heavy atom. The SMILES string of the molecule is CC(C)(C)c1ccc2c(c1)C1(c3ccccc3Oc3c(N(c4ccc5c(c4)C4(c6ccccc6O5)c5ccccc5-c5ccccc54)c4ccccc4-c4cccc5ccccc45)cccc31)c1cc(C(C)(C)C)ccc1-2. The second kappa shape index (κ2) is 16.3. The van der Waals surface area contributed by atoms with E-state index in [0.717, 1.165) is 73.4 Å². The van der Waals surface area contributed by atoms with Gasteiger partial charge in [0.15, 0.2) is 5.75 Å². The number of para-hydroxylation sites is 4. The molecule has 0 atom stereocenters. The van der Waals surface area contributed by atoms with Crippen LogP contribution in [0.3, 0.4) is 0 Å². The summed E-state index contributed by atoms with van der Waals surface area (Å²) in [5.74, 6) is 3.38. The van der Waals surface area contributed by atoms with E-state index in [0.29, 0.717) is 0 Å². The lowest BCUT2D eigenvalue weighted by Crippen LogP contribution is -2.33. The van der Waals surface area contributed by atoms with Crippen LogP contribution >= 0.6 is 0 Å². The molecular weight excluding hydrogens is 935 g/mol. The predicted octanol–water partition coefficient (Wildman–Crippen LogP) is 19.5. The zero-order valence-corrected chi connectivity index (χ0v) is 44.3. The first-order valence-corrected chi connectivity index (χ1v) is 27.2. The molecule has 4 aliphatic rings. The minimum atomic E-state index is -0.719. The summed E-state index contributed by atoms with van der Waals surface area (Å²) in [6, 6.07) is 87.9. The molecule has 2 aliphatic carbocycles. The van der Waals surface area contributed by atoms with Crippen LogP contribution in [0.15, 0.2) is 237 Å². The molecule has 0 radical (unpaired) electrons. The molecule has 15 rings (SSSR count). The van der Waals surface area contributed by atoms with E-state index in [9.17, 15) is 0 Å². The van der Waals surface area contributed by atoms with E-state index in [1.165, 1.54) is 66.4 Å². The highest BCUT2D eigenvalue weighted by atomic mass is 16.5. The highest BCUT2D eigenvalue weighted by Crippen LogP contribution is 2.66. The maximum Gasteiger partial charge on any atom is 0.156 e. The first kappa shape index (κ1) is 45.5. The van der Waals surface area contributed by atoms with Gasteiger partial charge in [0.2, 0.25) is 0 Å². The van der Waals surface area contributed by atoms with Crippen molar-refractivity contribution < 1.29 is 9.47 Å². The number of rotatable bonds is 4. The van der Waals surface area contributed by atoms with E-state index in [2.05, 4.69) is 283 Å². The smallest absolute Gasteiger partial charge is 0.156 e. The van der Waals surface area contributed by atoms with E-state index < -0.39 is 10.8 Å². The fourth-order valence-corrected chi connectivity index (χ4v) is 13.8. The van der Waals surface area contributed by atoms with Crippen LogP contribution in [0.2, 0.25) is 0 Å². The van der Waals surface area contributed by atoms with Crippen molar-refractivity contribution in [1.82, 2.24) is 0 Å². The van der Waals surface area contributed by atoms with Crippen LogP contribution in [-0.2, 0) is 21.7 Å². The lowest BCUT2D eigenvalue weighted by atomic mass is 9.64. The molecule has 0 saturated carbocycles. The molecule has 0 saturated heterocycles. The van der Waals surface area contributed by atoms with Crippen molar-refractivity contribution in [2.75, 3.05) is 4.90 Å². The van der Waals surface area contributed by atoms with Gasteiger partial charge in [0.25, 0.3) is 0 Å². The van der Waals surface area contributed by atoms with Crippen molar-refractivity contribution in [3.05, 3.63) is 292 Å². The molecule has 0 unspecified atom stereocenters. The average Bonchev–Trinajstić information content (AvgIpc) is 4.09. The van der Waals surface area contributed by atoms with Crippen LogP contribution < -0.4 is 14.4 Å². The molecule has 77 heavy (non-hydrogen) atoms. The molecule has 11 aromatic rings. The third-order valence-corrected chi connectivity index (χ3v) is 17.3. The Hall–Kier alpha value is -8.92. The molecule has 0 fully saturated rings. The fraction of sp³-hybridized carbons (Fsp3) is 0.135. The van der Waals surface area contributed by atoms with Crippen LogP contribution in [0, 0.1) is 0 Å². The Balaban J connectivity index is 1.06. The maximum absolute atomic E-state index is 7.64. The number of nitrogens with zero attached hydrogens (tertiary/aromatic N) is 1. The zero-order chi connectivity index (χ0) is 52.0. The summed E-state index contributed by atoms with van der Waals surface area (Å²) >= 11 is 0. The Morgan fingerprint density at radius 2 is 0.766 bits per heavy atom. The van der Waals surface area contributed by atoms with Crippen LogP contribution in [0.4, 0.5) is 17.1 Å². The van der Waals surface area contributed by atoms with Crippen molar-refractivity contribution in [2.24, 2.45) is 0 Å². The Labute approximate surface area is 451 Å². The molecule has 0 bridgehead atoms. The van der Waals surface area contributed by atoms with Gasteiger partial charge in [-0.15, -0.1) is 0 Å². The molecule has 0 amide bonds. The number of hydrogen-bond donors (Lipinski definition) is 0. The van der Waals surface area contributed by atoms with Gasteiger partial charge in [0.05, 0.1) is 22.2 Å². The summed E-state index contributed by atoms with van der Waals surface area (Å²) in [5.41, 5.74) is 20.8. The van der Waals surface area contributed by atoms with Gasteiger partial charge in [0.1, 0.15) is 17.2 Å². The van der Waals surface area contributed by atoms with E-state index in [-0.39, 0.29) is 10.8 Å². The molecule has 11 aromatic carbocycles. The first-order chi connectivity index (χ1) is 37.5. The number of fused-ring (bicyclic) bond motifs is 19. The van der Waals surface area contributed by atoms with Crippen molar-refractivity contribution in [2.45, 2.75) is 63.2 Å². The first-order valence-electron chi connectivity index (χ1n) is 27.2. The number of ether oxygens (including phenoxy) is 2. The Morgan fingerprint density at radius 1 is 0.312 bits per heavy atom. The predicted molar refractivity (Wildman–Crippen MR) is 316 cm³/mol. The second-order valence-electron chi connectivity index (χ2n) is 23.5. The van der Waals surface area contributed by atoms with Crippen LogP contribution in [0.25, 0.3) is 44.2 Å². The van der Waals surface area contributed by atoms with E-state index in [1.807, 2.05) is 0 Å². The van der Waals surface area contributed by atoms with E-state index in [4.69, 9.17) is 9.47 Å². The highest BCUT2D eigenvalue weighted by Gasteiger charge is 2.54. The molecule has 2 spiro atoms. The Bertz CT molecular complexity index is 4160. The van der Waals surface area contributed by atoms with Gasteiger partial charge >= 0.3 is 0 Å². The van der Waals surface area contributed by atoms with Crippen molar-refractivity contribution >= 4 is 27.8 Å². The third kappa shape index (κ3) is 6.32. The van der Waals surface area contributed by atoms with Gasteiger partial charge in [0, 0.05) is 33.5 Å². The maximum atomic E-state index is 7.64. The van der Waals surface area contributed by atoms with E-state index >= 15 is 0 Å². The summed E-state index contributed by atoms with van der Waals surface area (Å²) in [6.07, 6.45) is 0. The van der Waals surface area contributed by atoms with Crippen molar-refractivity contribution in [1.29, 1.82) is 0 Å². The largest absolute Gasteiger partial charge is 0.457 e. The summed E-state index contributed by atoms with van der Waals surface area (Å²) in [5, 5.41) is 2.39. The van der Waals surface area contributed by atoms with Gasteiger partial charge < -0.3 is 14.4 Å². The molecule has 0 N–H and O–H groups in total. The number of hydrogen-bond acceptors (Lipinski definition) is 3. The third-order valence-electron chi connectivity index (χ3n) is 17.3. The van der Waals surface area contributed by atoms with Crippen LogP contribution in [0.1, 0.15) is 97.2 Å². The second-order valence-corrected chi connectivity index (χ2v) is 23.5. The van der Waals surface area contributed by atoms with Gasteiger partial charge in [-0.05, 0) is 125 Å². The summed E-state index contributed by atoms with van der Waals surface area (Å²) in [4.78, 5) is 2.48. The topological polar surface area (TPSA) is 21.7 Å². The quantitative estimate of drug-likeness (QED) is 0.175. The molecule has 0 aromatic heterocycles. The van der Waals surface area contributed by atoms with Crippen molar-refractivity contribution in [3.8, 4) is 56.4 Å². The zero-order valence-electron chi connectivity index (χ0n) is 44.3. The number of anilines is 3. The highest BCUT2D eigenvalue weighted by molar-refractivity contribution is 6.02. The van der Waals surface area contributed by atoms with Gasteiger partial charge in [-0.25, -0.2) is 0 Å². The molecule has 3 heteroatoms. The molecule has 2 aliphatic heterocycles. The lowest BCUT2D eigenvalue weighted by molar-refractivity contribution is 0.436. The van der Waals surface area contributed by atoms with Crippen molar-refractivity contribution in [3.63, 3.8) is 0 Å². The molecule has 3 nitrogen and oxygen atoms in total. The van der Waals surface area contributed by atoms with Gasteiger partial charge in [-0.1, -0.05) is 236 Å². The Kier molecular flexibility index (Phi) is 9.62. The minimum absolute atomic E-state index is 0.0898. The number of benzene rings is 11. The molecule has 370 valence electrons. The summed E-state index contributed by atoms with van der Waals surface area (Å²) in [7, 11) is 0. The lowest BCUT2D eigenvalue weighted by Gasteiger charge is -2.42. The minimum Gasteiger partial charge on any atom is -0.457 e. The van der Waals surface area contributed by atoms with Gasteiger partial charge in [-0.2, -0.15) is 0 Å². The normalized spacial score (nSPS) is 14.5. The van der Waals surface area contributed by atoms with Crippen LogP contribution in [0.5, 0.6) is 23.0 Å². The average molecular weight is 992 g/mol. The molecule has 2 heterocycles. The summed E-state index contributed by atoms with van der Waals surface area (Å²) in [6.45, 7) is 13.9. The summed E-state index contributed by atoms with van der Waals surface area (Å²) < 4.78 is 14.7. The van der Waals surface area contributed by atoms with Gasteiger partial charge in [-0.3, -0.25) is 0 Å². The molecular formula is C74H57NO2. The monoisotopic (exact) mass is 991 g/mol. The standard InChI is InChI=1S/C74H57NO2/c1-71(2,3)47-37-40-54-55-41-38-48(72(4,5)6)44-63(55)74(62(54)43-47)60-31-15-18-36-68(60)77-70-61(74)32-20-34-66(70)75(65-33-16-11-26-56(65)51-27-19-22-46-21-7-8-23-50(46)51)49-39-42-69-64(45-49)73(59-30-14-17-35-67(59)76-69)57-28-12-9-24-52(57)53-25-10-13-29-58(53)73/h7-45H,1-6H3. The fourth-order valence-electron chi connectivity index (χ4n) is 13.8. The van der Waals surface area contributed by atoms with E-state index in [1.54, 1.807) is 0 Å². The van der Waals surface area contributed by atoms with Crippen LogP contribution in [-0.4, -0.2) is 0 Å².